The van der Waals surface area contributed by atoms with Crippen molar-refractivity contribution < 1.29 is 24.2 Å². The molecule has 2 saturated heterocycles. The van der Waals surface area contributed by atoms with Gasteiger partial charge in [-0.15, -0.1) is 11.3 Å². The molecule has 186 valence electrons. The van der Waals surface area contributed by atoms with Crippen LogP contribution in [-0.2, 0) is 15.1 Å². The van der Waals surface area contributed by atoms with Crippen molar-refractivity contribution in [3.63, 3.8) is 0 Å². The number of ether oxygens (including phenoxy) is 2. The maximum absolute atomic E-state index is 12.9. The Morgan fingerprint density at radius 3 is 2.54 bits per heavy atom. The SMILES string of the molecule is COC(=O)C1=C(CN2[C@H]3CC[C@H]2CC(O)(c2ccccc2OC)C3)NC(=O)N[C@@H]1c1sccc1C. The second-order valence-electron chi connectivity index (χ2n) is 9.58. The molecule has 2 fully saturated rings. The molecule has 0 aliphatic carbocycles. The number of hydrogen-bond acceptors (Lipinski definition) is 7. The molecule has 9 heteroatoms. The fourth-order valence-corrected chi connectivity index (χ4v) is 6.96. The maximum Gasteiger partial charge on any atom is 0.338 e. The molecule has 0 unspecified atom stereocenters. The Balaban J connectivity index is 1.46. The molecule has 2 amide bonds. The summed E-state index contributed by atoms with van der Waals surface area (Å²) in [5.74, 6) is 0.235. The number of thiophene rings is 1. The molecule has 5 rings (SSSR count). The number of aliphatic hydroxyl groups is 1. The number of hydrogen-bond donors (Lipinski definition) is 3. The highest BCUT2D eigenvalue weighted by molar-refractivity contribution is 7.10. The minimum Gasteiger partial charge on any atom is -0.496 e. The van der Waals surface area contributed by atoms with E-state index >= 15 is 0 Å². The molecular formula is C26H31N3O5S. The van der Waals surface area contributed by atoms with Gasteiger partial charge in [0.1, 0.15) is 5.75 Å². The number of rotatable bonds is 6. The van der Waals surface area contributed by atoms with Crippen molar-refractivity contribution in [2.75, 3.05) is 20.8 Å². The molecule has 2 bridgehead atoms. The zero-order valence-electron chi connectivity index (χ0n) is 20.2. The lowest BCUT2D eigenvalue weighted by Crippen LogP contribution is -2.53. The summed E-state index contributed by atoms with van der Waals surface area (Å²) in [6.45, 7) is 2.38. The first-order valence-electron chi connectivity index (χ1n) is 11.9. The lowest BCUT2D eigenvalue weighted by Gasteiger charge is -2.45. The number of piperidine rings is 1. The Hall–Kier alpha value is -2.88. The molecule has 3 atom stereocenters. The van der Waals surface area contributed by atoms with E-state index < -0.39 is 17.6 Å². The van der Waals surface area contributed by atoms with Gasteiger partial charge in [0.25, 0.3) is 0 Å². The van der Waals surface area contributed by atoms with E-state index in [4.69, 9.17) is 9.47 Å². The van der Waals surface area contributed by atoms with Crippen molar-refractivity contribution in [3.8, 4) is 5.75 Å². The molecule has 1 aromatic carbocycles. The molecule has 3 aliphatic rings. The normalized spacial score (nSPS) is 28.5. The molecule has 35 heavy (non-hydrogen) atoms. The van der Waals surface area contributed by atoms with Gasteiger partial charge in [0.2, 0.25) is 0 Å². The van der Waals surface area contributed by atoms with Crippen LogP contribution in [0.4, 0.5) is 4.79 Å². The summed E-state index contributed by atoms with van der Waals surface area (Å²) < 4.78 is 10.7. The first kappa shape index (κ1) is 23.8. The predicted octanol–water partition coefficient (Wildman–Crippen LogP) is 3.36. The van der Waals surface area contributed by atoms with Crippen molar-refractivity contribution in [2.24, 2.45) is 0 Å². The van der Waals surface area contributed by atoms with Crippen LogP contribution in [0, 0.1) is 6.92 Å². The van der Waals surface area contributed by atoms with Crippen LogP contribution in [-0.4, -0.2) is 54.9 Å². The third kappa shape index (κ3) is 4.22. The molecule has 0 radical (unpaired) electrons. The number of esters is 1. The van der Waals surface area contributed by atoms with Gasteiger partial charge in [-0.05, 0) is 55.7 Å². The zero-order valence-corrected chi connectivity index (χ0v) is 21.0. The van der Waals surface area contributed by atoms with Crippen molar-refractivity contribution in [2.45, 2.75) is 56.3 Å². The summed E-state index contributed by atoms with van der Waals surface area (Å²) in [5.41, 5.74) is 1.85. The van der Waals surface area contributed by atoms with Gasteiger partial charge in [-0.25, -0.2) is 9.59 Å². The van der Waals surface area contributed by atoms with E-state index in [0.717, 1.165) is 28.8 Å². The summed E-state index contributed by atoms with van der Waals surface area (Å²) in [6.07, 6.45) is 3.01. The average Bonchev–Trinajstić information content (AvgIpc) is 3.38. The minimum absolute atomic E-state index is 0.115. The van der Waals surface area contributed by atoms with Crippen LogP contribution in [0.2, 0.25) is 0 Å². The Morgan fingerprint density at radius 1 is 1.20 bits per heavy atom. The quantitative estimate of drug-likeness (QED) is 0.530. The number of urea groups is 1. The van der Waals surface area contributed by atoms with Crippen molar-refractivity contribution in [3.05, 3.63) is 63.0 Å². The highest BCUT2D eigenvalue weighted by Crippen LogP contribution is 2.48. The molecule has 0 spiro atoms. The highest BCUT2D eigenvalue weighted by atomic mass is 32.1. The average molecular weight is 498 g/mol. The monoisotopic (exact) mass is 497 g/mol. The van der Waals surface area contributed by atoms with Crippen LogP contribution < -0.4 is 15.4 Å². The van der Waals surface area contributed by atoms with E-state index in [9.17, 15) is 14.7 Å². The van der Waals surface area contributed by atoms with Crippen LogP contribution >= 0.6 is 11.3 Å². The van der Waals surface area contributed by atoms with Gasteiger partial charge in [0, 0.05) is 34.8 Å². The standard InChI is InChI=1S/C26H31N3O5S/c1-15-10-11-35-23(15)22-21(24(30)34-3)19(27-25(31)28-22)14-29-16-8-9-17(29)13-26(32,12-16)18-6-4-5-7-20(18)33-2/h4-7,10-11,16-17,22,32H,8-9,12-14H2,1-3H3,(H2,27,28,31)/t16-,17-,22-/m0/s1. The van der Waals surface area contributed by atoms with Gasteiger partial charge in [-0.3, -0.25) is 4.90 Å². The number of nitrogens with one attached hydrogen (secondary N) is 2. The van der Waals surface area contributed by atoms with Crippen LogP contribution in [0.25, 0.3) is 0 Å². The van der Waals surface area contributed by atoms with Gasteiger partial charge in [-0.2, -0.15) is 0 Å². The number of methoxy groups -OCH3 is 2. The number of benzene rings is 1. The van der Waals surface area contributed by atoms with E-state index in [1.807, 2.05) is 42.6 Å². The van der Waals surface area contributed by atoms with Gasteiger partial charge in [0.15, 0.2) is 0 Å². The molecule has 3 aliphatic heterocycles. The Morgan fingerprint density at radius 2 is 1.91 bits per heavy atom. The minimum atomic E-state index is -0.984. The van der Waals surface area contributed by atoms with E-state index in [1.54, 1.807) is 7.11 Å². The second-order valence-corrected chi connectivity index (χ2v) is 10.5. The Labute approximate surface area is 208 Å². The van der Waals surface area contributed by atoms with Crippen molar-refractivity contribution >= 4 is 23.3 Å². The Bertz CT molecular complexity index is 1160. The largest absolute Gasteiger partial charge is 0.496 e. The zero-order chi connectivity index (χ0) is 24.7. The lowest BCUT2D eigenvalue weighted by molar-refractivity contribution is -0.136. The number of para-hydroxylation sites is 1. The third-order valence-corrected chi connectivity index (χ3v) is 8.67. The first-order valence-corrected chi connectivity index (χ1v) is 12.8. The van der Waals surface area contributed by atoms with Crippen molar-refractivity contribution in [1.29, 1.82) is 0 Å². The van der Waals surface area contributed by atoms with Crippen LogP contribution in [0.5, 0.6) is 5.75 Å². The van der Waals surface area contributed by atoms with E-state index in [-0.39, 0.29) is 18.1 Å². The Kier molecular flexibility index (Phi) is 6.33. The topological polar surface area (TPSA) is 100 Å². The number of carbonyl (C=O) groups is 2. The van der Waals surface area contributed by atoms with Gasteiger partial charge in [0.05, 0.1) is 31.4 Å². The van der Waals surface area contributed by atoms with Crippen molar-refractivity contribution in [1.82, 2.24) is 15.5 Å². The number of fused-ring (bicyclic) bond motifs is 2. The number of carbonyl (C=O) groups excluding carboxylic acids is 2. The molecular weight excluding hydrogens is 466 g/mol. The molecule has 2 aromatic rings. The van der Waals surface area contributed by atoms with Crippen LogP contribution in [0.1, 0.15) is 47.7 Å². The van der Waals surface area contributed by atoms with Crippen LogP contribution in [0.3, 0.4) is 0 Å². The summed E-state index contributed by atoms with van der Waals surface area (Å²) in [5, 5.41) is 19.5. The summed E-state index contributed by atoms with van der Waals surface area (Å²) >= 11 is 1.51. The molecule has 4 heterocycles. The molecule has 8 nitrogen and oxygen atoms in total. The number of amides is 2. The second kappa shape index (κ2) is 9.29. The fraction of sp³-hybridized carbons (Fsp3) is 0.462. The van der Waals surface area contributed by atoms with Gasteiger partial charge < -0.3 is 25.2 Å². The summed E-state index contributed by atoms with van der Waals surface area (Å²) in [7, 11) is 2.98. The van der Waals surface area contributed by atoms with E-state index in [0.29, 0.717) is 36.4 Å². The third-order valence-electron chi connectivity index (χ3n) is 7.59. The van der Waals surface area contributed by atoms with E-state index in [1.165, 1.54) is 18.4 Å². The predicted molar refractivity (Wildman–Crippen MR) is 132 cm³/mol. The molecule has 1 aromatic heterocycles. The molecule has 3 N–H and O–H groups in total. The highest BCUT2D eigenvalue weighted by Gasteiger charge is 2.50. The van der Waals surface area contributed by atoms with Gasteiger partial charge >= 0.3 is 12.0 Å². The summed E-state index contributed by atoms with van der Waals surface area (Å²) in [6, 6.07) is 8.97. The van der Waals surface area contributed by atoms with Crippen LogP contribution in [0.15, 0.2) is 47.0 Å². The first-order chi connectivity index (χ1) is 16.8. The van der Waals surface area contributed by atoms with E-state index in [2.05, 4.69) is 15.5 Å². The van der Waals surface area contributed by atoms with Gasteiger partial charge in [-0.1, -0.05) is 18.2 Å². The lowest BCUT2D eigenvalue weighted by atomic mass is 9.80. The maximum atomic E-state index is 12.9. The number of nitrogens with zero attached hydrogens (tertiary/aromatic N) is 1. The molecule has 0 saturated carbocycles. The fourth-order valence-electron chi connectivity index (χ4n) is 5.98. The number of aryl methyl sites for hydroxylation is 1. The summed E-state index contributed by atoms with van der Waals surface area (Å²) in [4.78, 5) is 28.8. The smallest absolute Gasteiger partial charge is 0.338 e.